The molecule has 2 aliphatic rings. The highest BCUT2D eigenvalue weighted by Crippen LogP contribution is 2.26. The topological polar surface area (TPSA) is 59.4 Å². The molecule has 144 valence electrons. The van der Waals surface area contributed by atoms with Crippen molar-refractivity contribution in [2.75, 3.05) is 19.7 Å². The van der Waals surface area contributed by atoms with Gasteiger partial charge in [0.1, 0.15) is 11.8 Å². The van der Waals surface area contributed by atoms with Crippen molar-refractivity contribution in [3.05, 3.63) is 52.8 Å². The molecule has 4 rings (SSSR count). The number of nitrogens with zero attached hydrogens (tertiary/aromatic N) is 3. The van der Waals surface area contributed by atoms with Crippen LogP contribution in [0.15, 0.2) is 30.3 Å². The summed E-state index contributed by atoms with van der Waals surface area (Å²) in [7, 11) is 0. The van der Waals surface area contributed by atoms with Crippen LogP contribution in [0.1, 0.15) is 53.7 Å². The fraction of sp³-hybridized carbons (Fsp3) is 0.524. The van der Waals surface area contributed by atoms with Crippen LogP contribution in [0.5, 0.6) is 0 Å². The largest absolute Gasteiger partial charge is 0.371 e. The summed E-state index contributed by atoms with van der Waals surface area (Å²) in [6.07, 6.45) is 1.90. The molecule has 0 radical (unpaired) electrons. The zero-order valence-corrected chi connectivity index (χ0v) is 16.1. The minimum Gasteiger partial charge on any atom is -0.371 e. The monoisotopic (exact) mass is 368 g/mol. The van der Waals surface area contributed by atoms with Gasteiger partial charge in [0.2, 0.25) is 0 Å². The number of amides is 1. The molecule has 0 unspecified atom stereocenters. The van der Waals surface area contributed by atoms with E-state index in [2.05, 4.69) is 47.4 Å². The Morgan fingerprint density at radius 3 is 3.04 bits per heavy atom. The normalized spacial score (nSPS) is 20.0. The molecule has 1 aromatic heterocycles. The highest BCUT2D eigenvalue weighted by molar-refractivity contribution is 5.92. The number of carbonyl (C=O) groups excluding carboxylic acids is 1. The number of hydrogen-bond acceptors (Lipinski definition) is 4. The Hall–Kier alpha value is -2.18. The first-order chi connectivity index (χ1) is 13.1. The van der Waals surface area contributed by atoms with E-state index in [0.717, 1.165) is 38.2 Å². The quantitative estimate of drug-likeness (QED) is 0.901. The Morgan fingerprint density at radius 1 is 1.33 bits per heavy atom. The molecule has 1 aromatic carbocycles. The fourth-order valence-corrected chi connectivity index (χ4v) is 3.96. The molecule has 2 aliphatic heterocycles. The van der Waals surface area contributed by atoms with Gasteiger partial charge in [0, 0.05) is 32.2 Å². The van der Waals surface area contributed by atoms with Gasteiger partial charge in [-0.2, -0.15) is 5.10 Å². The van der Waals surface area contributed by atoms with Crippen molar-refractivity contribution in [3.63, 3.8) is 0 Å². The van der Waals surface area contributed by atoms with Gasteiger partial charge in [0.05, 0.1) is 12.3 Å². The molecule has 3 heterocycles. The van der Waals surface area contributed by atoms with Crippen LogP contribution in [0.2, 0.25) is 0 Å². The summed E-state index contributed by atoms with van der Waals surface area (Å²) in [4.78, 5) is 15.1. The van der Waals surface area contributed by atoms with Gasteiger partial charge in [-0.15, -0.1) is 0 Å². The predicted octanol–water partition coefficient (Wildman–Crippen LogP) is 2.54. The van der Waals surface area contributed by atoms with Crippen molar-refractivity contribution >= 4 is 5.91 Å². The molecule has 0 spiro atoms. The van der Waals surface area contributed by atoms with Crippen LogP contribution in [0.3, 0.4) is 0 Å². The molecule has 0 fully saturated rings. The average Bonchev–Trinajstić information content (AvgIpc) is 2.97. The summed E-state index contributed by atoms with van der Waals surface area (Å²) in [5.74, 6) is -0.127. The van der Waals surface area contributed by atoms with Crippen molar-refractivity contribution in [2.24, 2.45) is 0 Å². The zero-order valence-electron chi connectivity index (χ0n) is 16.1. The van der Waals surface area contributed by atoms with E-state index in [9.17, 15) is 4.79 Å². The number of carbonyl (C=O) groups is 1. The van der Waals surface area contributed by atoms with Gasteiger partial charge in [-0.1, -0.05) is 24.3 Å². The van der Waals surface area contributed by atoms with Crippen molar-refractivity contribution in [2.45, 2.75) is 51.9 Å². The summed E-state index contributed by atoms with van der Waals surface area (Å²) < 4.78 is 7.87. The smallest absolute Gasteiger partial charge is 0.271 e. The highest BCUT2D eigenvalue weighted by atomic mass is 16.5. The van der Waals surface area contributed by atoms with E-state index in [4.69, 9.17) is 4.74 Å². The molecule has 0 aliphatic carbocycles. The maximum atomic E-state index is 12.7. The molecule has 0 saturated carbocycles. The zero-order chi connectivity index (χ0) is 18.8. The minimum atomic E-state index is -0.127. The third-order valence-electron chi connectivity index (χ3n) is 5.55. The van der Waals surface area contributed by atoms with Crippen LogP contribution in [0.25, 0.3) is 0 Å². The standard InChI is InChI=1S/C21H28N4O2/c1-15(2)24-9-5-10-25-17(14-24)12-19(23-25)21(26)22-13-20-18-7-4-3-6-16(18)8-11-27-20/h3-4,6-7,12,15,20H,5,8-11,13-14H2,1-2H3,(H,22,26)/t20-/m0/s1. The summed E-state index contributed by atoms with van der Waals surface area (Å²) in [5.41, 5.74) is 4.10. The third-order valence-corrected chi connectivity index (χ3v) is 5.55. The van der Waals surface area contributed by atoms with E-state index in [1.165, 1.54) is 11.1 Å². The first kappa shape index (κ1) is 18.2. The summed E-state index contributed by atoms with van der Waals surface area (Å²) >= 11 is 0. The molecule has 0 bridgehead atoms. The lowest BCUT2D eigenvalue weighted by atomic mass is 9.97. The van der Waals surface area contributed by atoms with Crippen LogP contribution in [0.4, 0.5) is 0 Å². The van der Waals surface area contributed by atoms with E-state index in [1.807, 2.05) is 16.8 Å². The molecule has 2 aromatic rings. The van der Waals surface area contributed by atoms with E-state index in [-0.39, 0.29) is 12.0 Å². The number of hydrogen-bond donors (Lipinski definition) is 1. The lowest BCUT2D eigenvalue weighted by molar-refractivity contribution is 0.0410. The van der Waals surface area contributed by atoms with Gasteiger partial charge in [-0.25, -0.2) is 0 Å². The number of nitrogens with one attached hydrogen (secondary N) is 1. The van der Waals surface area contributed by atoms with Crippen molar-refractivity contribution in [1.29, 1.82) is 0 Å². The summed E-state index contributed by atoms with van der Waals surface area (Å²) in [6.45, 7) is 8.36. The Labute approximate surface area is 160 Å². The number of fused-ring (bicyclic) bond motifs is 2. The van der Waals surface area contributed by atoms with Crippen LogP contribution in [-0.2, 0) is 24.2 Å². The first-order valence-corrected chi connectivity index (χ1v) is 9.90. The second kappa shape index (κ2) is 7.82. The van der Waals surface area contributed by atoms with Gasteiger partial charge < -0.3 is 10.1 Å². The van der Waals surface area contributed by atoms with E-state index in [1.54, 1.807) is 0 Å². The molecule has 1 amide bonds. The lowest BCUT2D eigenvalue weighted by Gasteiger charge is -2.26. The molecule has 6 heteroatoms. The first-order valence-electron chi connectivity index (χ1n) is 9.90. The van der Waals surface area contributed by atoms with Crippen molar-refractivity contribution < 1.29 is 9.53 Å². The molecular weight excluding hydrogens is 340 g/mol. The Balaban J connectivity index is 1.42. The average molecular weight is 368 g/mol. The lowest BCUT2D eigenvalue weighted by Crippen LogP contribution is -2.32. The van der Waals surface area contributed by atoms with Crippen molar-refractivity contribution in [3.8, 4) is 0 Å². The predicted molar refractivity (Wildman–Crippen MR) is 104 cm³/mol. The Kier molecular flexibility index (Phi) is 5.27. The molecule has 27 heavy (non-hydrogen) atoms. The second-order valence-corrected chi connectivity index (χ2v) is 7.68. The van der Waals surface area contributed by atoms with Crippen molar-refractivity contribution in [1.82, 2.24) is 20.0 Å². The van der Waals surface area contributed by atoms with Gasteiger partial charge >= 0.3 is 0 Å². The van der Waals surface area contributed by atoms with Gasteiger partial charge in [-0.05, 0) is 43.9 Å². The van der Waals surface area contributed by atoms with Gasteiger partial charge in [0.15, 0.2) is 0 Å². The Bertz CT molecular complexity index is 814. The maximum absolute atomic E-state index is 12.7. The molecule has 1 atom stereocenters. The number of aryl methyl sites for hydroxylation is 1. The summed E-state index contributed by atoms with van der Waals surface area (Å²) in [6, 6.07) is 10.7. The van der Waals surface area contributed by atoms with E-state index < -0.39 is 0 Å². The molecular formula is C21H28N4O2. The highest BCUT2D eigenvalue weighted by Gasteiger charge is 2.23. The number of ether oxygens (including phenoxy) is 1. The minimum absolute atomic E-state index is 0.0872. The molecule has 6 nitrogen and oxygen atoms in total. The van der Waals surface area contributed by atoms with Gasteiger partial charge in [-0.3, -0.25) is 14.4 Å². The maximum Gasteiger partial charge on any atom is 0.271 e. The number of aromatic nitrogens is 2. The SMILES string of the molecule is CC(C)N1CCCn2nc(C(=O)NC[C@@H]3OCCc4ccccc43)cc2C1. The fourth-order valence-electron chi connectivity index (χ4n) is 3.96. The van der Waals surface area contributed by atoms with Crippen LogP contribution >= 0.6 is 0 Å². The molecule has 1 N–H and O–H groups in total. The number of rotatable bonds is 4. The van der Waals surface area contributed by atoms with Crippen LogP contribution < -0.4 is 5.32 Å². The Morgan fingerprint density at radius 2 is 2.19 bits per heavy atom. The number of benzene rings is 1. The molecule has 0 saturated heterocycles. The second-order valence-electron chi connectivity index (χ2n) is 7.68. The summed E-state index contributed by atoms with van der Waals surface area (Å²) in [5, 5.41) is 7.56. The van der Waals surface area contributed by atoms with E-state index in [0.29, 0.717) is 24.9 Å². The third kappa shape index (κ3) is 3.92. The van der Waals surface area contributed by atoms with Crippen LogP contribution in [0, 0.1) is 0 Å². The van der Waals surface area contributed by atoms with Gasteiger partial charge in [0.25, 0.3) is 5.91 Å². The van der Waals surface area contributed by atoms with Crippen LogP contribution in [-0.4, -0.2) is 46.3 Å². The van der Waals surface area contributed by atoms with E-state index >= 15 is 0 Å².